The molecule has 0 saturated carbocycles. The van der Waals surface area contributed by atoms with Crippen LogP contribution in [-0.2, 0) is 25.3 Å². The summed E-state index contributed by atoms with van der Waals surface area (Å²) in [6.07, 6.45) is 2.56. The van der Waals surface area contributed by atoms with Crippen LogP contribution in [-0.4, -0.2) is 37.3 Å². The van der Waals surface area contributed by atoms with Crippen molar-refractivity contribution in [3.05, 3.63) is 63.3 Å². The van der Waals surface area contributed by atoms with E-state index in [9.17, 15) is 14.4 Å². The average Bonchev–Trinajstić information content (AvgIpc) is 3.30. The van der Waals surface area contributed by atoms with Gasteiger partial charge in [0, 0.05) is 32.5 Å². The Morgan fingerprint density at radius 1 is 1.15 bits per heavy atom. The third kappa shape index (κ3) is 4.52. The summed E-state index contributed by atoms with van der Waals surface area (Å²) < 4.78 is 12.7. The Morgan fingerprint density at radius 3 is 2.64 bits per heavy atom. The van der Waals surface area contributed by atoms with Crippen molar-refractivity contribution >= 4 is 22.6 Å². The minimum atomic E-state index is -0.472. The van der Waals surface area contributed by atoms with E-state index < -0.39 is 11.2 Å². The summed E-state index contributed by atoms with van der Waals surface area (Å²) in [5, 5.41) is 6.95. The molecule has 4 aromatic rings. The minimum absolute atomic E-state index is 0.212. The second-order valence-electron chi connectivity index (χ2n) is 7.44. The van der Waals surface area contributed by atoms with Gasteiger partial charge in [-0.2, -0.15) is 4.98 Å². The summed E-state index contributed by atoms with van der Waals surface area (Å²) in [4.78, 5) is 45.2. The maximum Gasteiger partial charge on any atom is 0.332 e. The topological polar surface area (TPSA) is 134 Å². The van der Waals surface area contributed by atoms with Gasteiger partial charge in [-0.3, -0.25) is 18.7 Å². The van der Waals surface area contributed by atoms with Gasteiger partial charge < -0.3 is 14.6 Å². The summed E-state index contributed by atoms with van der Waals surface area (Å²) >= 11 is 0. The summed E-state index contributed by atoms with van der Waals surface area (Å²) in [6.45, 7) is 0. The van der Waals surface area contributed by atoms with E-state index in [-0.39, 0.29) is 23.4 Å². The molecule has 4 rings (SSSR count). The fraction of sp³-hybridized carbons (Fsp3) is 0.273. The summed E-state index contributed by atoms with van der Waals surface area (Å²) in [5.74, 6) is 1.40. The Bertz CT molecular complexity index is 1430. The first kappa shape index (κ1) is 21.9. The number of hydrogen-bond acceptors (Lipinski definition) is 8. The number of nitrogens with zero attached hydrogens (tertiary/aromatic N) is 5. The van der Waals surface area contributed by atoms with E-state index >= 15 is 0 Å². The van der Waals surface area contributed by atoms with Crippen LogP contribution in [0.2, 0.25) is 0 Å². The maximum absolute atomic E-state index is 12.4. The molecule has 0 aliphatic carbocycles. The Balaban J connectivity index is 1.36. The van der Waals surface area contributed by atoms with Gasteiger partial charge in [-0.1, -0.05) is 5.16 Å². The number of carbonyl (C=O) groups is 1. The largest absolute Gasteiger partial charge is 0.497 e. The zero-order valence-electron chi connectivity index (χ0n) is 18.4. The van der Waals surface area contributed by atoms with Crippen LogP contribution in [0.3, 0.4) is 0 Å². The molecule has 3 heterocycles. The lowest BCUT2D eigenvalue weighted by Gasteiger charge is -2.09. The van der Waals surface area contributed by atoms with Gasteiger partial charge >= 0.3 is 5.69 Å². The molecule has 0 saturated heterocycles. The highest BCUT2D eigenvalue weighted by atomic mass is 16.5. The Kier molecular flexibility index (Phi) is 6.03. The van der Waals surface area contributed by atoms with Crippen LogP contribution in [0.15, 0.2) is 50.6 Å². The number of carbonyl (C=O) groups excluding carboxylic acids is 1. The average molecular weight is 450 g/mol. The zero-order chi connectivity index (χ0) is 23.5. The van der Waals surface area contributed by atoms with Gasteiger partial charge in [-0.25, -0.2) is 9.78 Å². The zero-order valence-corrected chi connectivity index (χ0v) is 18.4. The van der Waals surface area contributed by atoms with Crippen molar-refractivity contribution in [1.82, 2.24) is 24.3 Å². The fourth-order valence-electron chi connectivity index (χ4n) is 3.37. The number of aromatic nitrogens is 5. The van der Waals surface area contributed by atoms with E-state index in [1.807, 2.05) is 24.3 Å². The number of ether oxygens (including phenoxy) is 1. The van der Waals surface area contributed by atoms with Crippen LogP contribution >= 0.6 is 0 Å². The number of nitrogens with one attached hydrogen (secondary N) is 1. The smallest absolute Gasteiger partial charge is 0.332 e. The number of aryl methyl sites for hydroxylation is 2. The lowest BCUT2D eigenvalue weighted by Crippen LogP contribution is -2.37. The van der Waals surface area contributed by atoms with E-state index in [2.05, 4.69) is 20.4 Å². The van der Waals surface area contributed by atoms with Gasteiger partial charge in [0.05, 0.1) is 24.4 Å². The van der Waals surface area contributed by atoms with Crippen LogP contribution in [0, 0.1) is 0 Å². The molecule has 170 valence electrons. The number of fused-ring (bicyclic) bond motifs is 1. The predicted molar refractivity (Wildman–Crippen MR) is 120 cm³/mol. The molecule has 3 aromatic heterocycles. The standard InChI is InChI=1S/C22H22N6O5/c1-27-20-16(21(30)28(2)22(27)31)11-14(12-23-20)24-17(29)5-4-6-18-25-19(26-33-18)13-7-9-15(32-3)10-8-13/h7-12H,4-6H2,1-3H3,(H,24,29). The second-order valence-corrected chi connectivity index (χ2v) is 7.44. The molecule has 0 radical (unpaired) electrons. The number of pyridine rings is 1. The molecule has 0 atom stereocenters. The maximum atomic E-state index is 12.4. The Hall–Kier alpha value is -4.28. The molecule has 0 aliphatic rings. The first-order valence-corrected chi connectivity index (χ1v) is 10.2. The molecule has 0 bridgehead atoms. The minimum Gasteiger partial charge on any atom is -0.497 e. The molecular formula is C22H22N6O5. The van der Waals surface area contributed by atoms with E-state index in [4.69, 9.17) is 9.26 Å². The quantitative estimate of drug-likeness (QED) is 0.449. The summed E-state index contributed by atoms with van der Waals surface area (Å²) in [6, 6.07) is 8.81. The third-order valence-corrected chi connectivity index (χ3v) is 5.19. The van der Waals surface area contributed by atoms with Crippen LogP contribution < -0.4 is 21.3 Å². The van der Waals surface area contributed by atoms with E-state index in [0.717, 1.165) is 15.9 Å². The fourth-order valence-corrected chi connectivity index (χ4v) is 3.37. The number of methoxy groups -OCH3 is 1. The highest BCUT2D eigenvalue weighted by molar-refractivity contribution is 5.92. The van der Waals surface area contributed by atoms with Gasteiger partial charge in [0.1, 0.15) is 11.4 Å². The van der Waals surface area contributed by atoms with Crippen molar-refractivity contribution in [2.75, 3.05) is 12.4 Å². The molecule has 11 heteroatoms. The monoisotopic (exact) mass is 450 g/mol. The van der Waals surface area contributed by atoms with Gasteiger partial charge in [0.25, 0.3) is 5.56 Å². The molecule has 0 unspecified atom stereocenters. The molecule has 1 N–H and O–H groups in total. The summed E-state index contributed by atoms with van der Waals surface area (Å²) in [5.41, 5.74) is 0.498. The van der Waals surface area contributed by atoms with Crippen molar-refractivity contribution in [1.29, 1.82) is 0 Å². The number of rotatable bonds is 7. The first-order chi connectivity index (χ1) is 15.9. The van der Waals surface area contributed by atoms with E-state index in [1.165, 1.54) is 30.9 Å². The second kappa shape index (κ2) is 9.07. The van der Waals surface area contributed by atoms with Crippen LogP contribution in [0.25, 0.3) is 22.4 Å². The lowest BCUT2D eigenvalue weighted by molar-refractivity contribution is -0.116. The van der Waals surface area contributed by atoms with Crippen molar-refractivity contribution < 1.29 is 14.1 Å². The van der Waals surface area contributed by atoms with Gasteiger partial charge in [0.2, 0.25) is 17.6 Å². The first-order valence-electron chi connectivity index (χ1n) is 10.2. The normalized spacial score (nSPS) is 11.0. The Morgan fingerprint density at radius 2 is 1.91 bits per heavy atom. The highest BCUT2D eigenvalue weighted by Crippen LogP contribution is 2.20. The molecular weight excluding hydrogens is 428 g/mol. The summed E-state index contributed by atoms with van der Waals surface area (Å²) in [7, 11) is 4.53. The molecule has 11 nitrogen and oxygen atoms in total. The van der Waals surface area contributed by atoms with Crippen molar-refractivity contribution in [2.24, 2.45) is 14.1 Å². The molecule has 33 heavy (non-hydrogen) atoms. The number of benzene rings is 1. The van der Waals surface area contributed by atoms with E-state index in [1.54, 1.807) is 7.11 Å². The van der Waals surface area contributed by atoms with Crippen LogP contribution in [0.1, 0.15) is 18.7 Å². The van der Waals surface area contributed by atoms with Crippen molar-refractivity contribution in [2.45, 2.75) is 19.3 Å². The molecule has 0 fully saturated rings. The number of hydrogen-bond donors (Lipinski definition) is 1. The van der Waals surface area contributed by atoms with Crippen LogP contribution in [0.5, 0.6) is 5.75 Å². The van der Waals surface area contributed by atoms with Gasteiger partial charge in [-0.05, 0) is 36.8 Å². The van der Waals surface area contributed by atoms with Crippen molar-refractivity contribution in [3.8, 4) is 17.1 Å². The molecule has 1 amide bonds. The lowest BCUT2D eigenvalue weighted by atomic mass is 10.2. The van der Waals surface area contributed by atoms with Gasteiger partial charge in [-0.15, -0.1) is 0 Å². The van der Waals surface area contributed by atoms with E-state index in [0.29, 0.717) is 30.2 Å². The highest BCUT2D eigenvalue weighted by Gasteiger charge is 2.13. The van der Waals surface area contributed by atoms with Crippen LogP contribution in [0.4, 0.5) is 5.69 Å². The molecule has 1 aromatic carbocycles. The number of amides is 1. The Labute approximate surface area is 187 Å². The van der Waals surface area contributed by atoms with Crippen molar-refractivity contribution in [3.63, 3.8) is 0 Å². The predicted octanol–water partition coefficient (Wildman–Crippen LogP) is 1.65. The molecule has 0 aliphatic heterocycles. The van der Waals surface area contributed by atoms with Gasteiger partial charge in [0.15, 0.2) is 0 Å². The number of anilines is 1. The SMILES string of the molecule is COc1ccc(-c2noc(CCCC(=O)Nc3cnc4c(c3)c(=O)n(C)c(=O)n4C)n2)cc1. The molecule has 0 spiro atoms. The third-order valence-electron chi connectivity index (χ3n) is 5.19.